The summed E-state index contributed by atoms with van der Waals surface area (Å²) in [4.78, 5) is 0. The van der Waals surface area contributed by atoms with Crippen LogP contribution in [0.5, 0.6) is 0 Å². The van der Waals surface area contributed by atoms with Crippen molar-refractivity contribution in [2.75, 3.05) is 19.8 Å². The molecule has 0 aromatic heterocycles. The van der Waals surface area contributed by atoms with Crippen molar-refractivity contribution < 1.29 is 14.2 Å². The van der Waals surface area contributed by atoms with E-state index in [9.17, 15) is 0 Å². The van der Waals surface area contributed by atoms with E-state index >= 15 is 0 Å². The van der Waals surface area contributed by atoms with Gasteiger partial charge in [-0.15, -0.1) is 0 Å². The van der Waals surface area contributed by atoms with Crippen LogP contribution in [0.15, 0.2) is 0 Å². The number of rotatable bonds is 7. The first kappa shape index (κ1) is 11.6. The van der Waals surface area contributed by atoms with Crippen LogP contribution in [0.1, 0.15) is 20.8 Å². The van der Waals surface area contributed by atoms with Crippen molar-refractivity contribution in [1.82, 2.24) is 0 Å². The Morgan fingerprint density at radius 3 is 1.50 bits per heavy atom. The van der Waals surface area contributed by atoms with E-state index in [4.69, 9.17) is 19.6 Å². The van der Waals surface area contributed by atoms with Crippen molar-refractivity contribution in [3.63, 3.8) is 0 Å². The summed E-state index contributed by atoms with van der Waals surface area (Å²) in [6.45, 7) is 6.85. The Morgan fingerprint density at radius 2 is 1.33 bits per heavy atom. The predicted molar refractivity (Wildman–Crippen MR) is 46.4 cm³/mol. The fourth-order valence-electron chi connectivity index (χ4n) is 0.854. The Balaban J connectivity index is 4.16. The molecule has 0 saturated heterocycles. The molecule has 0 heterocycles. The fraction of sp³-hybridized carbons (Fsp3) is 0.875. The first-order valence-corrected chi connectivity index (χ1v) is 4.18. The summed E-state index contributed by atoms with van der Waals surface area (Å²) in [7, 11) is 0. The summed E-state index contributed by atoms with van der Waals surface area (Å²) in [6.07, 6.45) is 1.03. The van der Waals surface area contributed by atoms with E-state index < -0.39 is 5.97 Å². The molecule has 12 heavy (non-hydrogen) atoms. The van der Waals surface area contributed by atoms with Crippen molar-refractivity contribution in [1.29, 1.82) is 5.41 Å². The third kappa shape index (κ3) is 3.30. The maximum Gasteiger partial charge on any atom is 0.321 e. The summed E-state index contributed by atoms with van der Waals surface area (Å²) in [5.74, 6) is -1.27. The van der Waals surface area contributed by atoms with Crippen LogP contribution < -0.4 is 0 Å². The van der Waals surface area contributed by atoms with Crippen molar-refractivity contribution in [2.45, 2.75) is 26.7 Å². The Hall–Kier alpha value is -0.450. The number of nitrogens with one attached hydrogen (secondary N) is 1. The zero-order valence-corrected chi connectivity index (χ0v) is 7.92. The van der Waals surface area contributed by atoms with Gasteiger partial charge in [-0.05, 0) is 20.8 Å². The molecular formula is C8H17NO3. The van der Waals surface area contributed by atoms with Gasteiger partial charge in [-0.2, -0.15) is 0 Å². The smallest absolute Gasteiger partial charge is 0.321 e. The van der Waals surface area contributed by atoms with Crippen LogP contribution in [0, 0.1) is 5.41 Å². The van der Waals surface area contributed by atoms with E-state index in [1.165, 1.54) is 0 Å². The monoisotopic (exact) mass is 175 g/mol. The lowest BCUT2D eigenvalue weighted by Gasteiger charge is -2.27. The Bertz CT molecular complexity index is 110. The predicted octanol–water partition coefficient (Wildman–Crippen LogP) is 1.40. The minimum Gasteiger partial charge on any atom is -0.323 e. The molecule has 0 fully saturated rings. The molecule has 72 valence electrons. The standard InChI is InChI=1S/C8H17NO3/c1-4-10-8(7-9,11-5-2)12-6-3/h7,9H,4-6H2,1-3H3. The summed E-state index contributed by atoms with van der Waals surface area (Å²) in [5.41, 5.74) is 0. The van der Waals surface area contributed by atoms with Crippen LogP contribution in [0.2, 0.25) is 0 Å². The van der Waals surface area contributed by atoms with E-state index in [-0.39, 0.29) is 0 Å². The lowest BCUT2D eigenvalue weighted by atomic mass is 10.5. The largest absolute Gasteiger partial charge is 0.323 e. The summed E-state index contributed by atoms with van der Waals surface area (Å²) < 4.78 is 15.5. The second-order valence-corrected chi connectivity index (χ2v) is 2.05. The highest BCUT2D eigenvalue weighted by atomic mass is 16.9. The molecule has 0 spiro atoms. The minimum atomic E-state index is -1.27. The van der Waals surface area contributed by atoms with Gasteiger partial charge in [0.1, 0.15) is 0 Å². The van der Waals surface area contributed by atoms with Gasteiger partial charge in [-0.1, -0.05) is 0 Å². The van der Waals surface area contributed by atoms with E-state index in [0.717, 1.165) is 6.21 Å². The molecule has 0 aliphatic heterocycles. The van der Waals surface area contributed by atoms with Crippen LogP contribution in [-0.4, -0.2) is 32.0 Å². The summed E-state index contributed by atoms with van der Waals surface area (Å²) >= 11 is 0. The first-order valence-electron chi connectivity index (χ1n) is 4.18. The van der Waals surface area contributed by atoms with Crippen LogP contribution in [0.4, 0.5) is 0 Å². The Kier molecular flexibility index (Phi) is 5.88. The highest BCUT2D eigenvalue weighted by molar-refractivity contribution is 5.60. The van der Waals surface area contributed by atoms with Gasteiger partial charge >= 0.3 is 5.97 Å². The molecule has 0 bridgehead atoms. The number of hydrogen-bond acceptors (Lipinski definition) is 4. The maximum atomic E-state index is 7.12. The summed E-state index contributed by atoms with van der Waals surface area (Å²) in [5, 5.41) is 7.12. The molecule has 0 saturated carbocycles. The van der Waals surface area contributed by atoms with E-state index in [1.807, 2.05) is 20.8 Å². The van der Waals surface area contributed by atoms with Crippen LogP contribution >= 0.6 is 0 Å². The van der Waals surface area contributed by atoms with Gasteiger partial charge in [0.05, 0.1) is 26.0 Å². The van der Waals surface area contributed by atoms with Gasteiger partial charge in [-0.3, -0.25) is 0 Å². The topological polar surface area (TPSA) is 51.5 Å². The van der Waals surface area contributed by atoms with E-state index in [0.29, 0.717) is 19.8 Å². The molecule has 0 aromatic rings. The summed E-state index contributed by atoms with van der Waals surface area (Å²) in [6, 6.07) is 0. The molecule has 0 rings (SSSR count). The van der Waals surface area contributed by atoms with Crippen molar-refractivity contribution >= 4 is 6.21 Å². The normalized spacial score (nSPS) is 11.6. The average Bonchev–Trinajstić information content (AvgIpc) is 2.06. The second kappa shape index (κ2) is 6.11. The molecule has 0 amide bonds. The molecular weight excluding hydrogens is 158 g/mol. The number of ether oxygens (including phenoxy) is 3. The van der Waals surface area contributed by atoms with Gasteiger partial charge in [0.2, 0.25) is 0 Å². The van der Waals surface area contributed by atoms with Crippen LogP contribution in [0.25, 0.3) is 0 Å². The Labute approximate surface area is 73.3 Å². The van der Waals surface area contributed by atoms with Gasteiger partial charge in [0, 0.05) is 0 Å². The molecule has 0 aliphatic rings. The second-order valence-electron chi connectivity index (χ2n) is 2.05. The highest BCUT2D eigenvalue weighted by Gasteiger charge is 2.29. The van der Waals surface area contributed by atoms with Gasteiger partial charge in [-0.25, -0.2) is 0 Å². The molecule has 0 radical (unpaired) electrons. The highest BCUT2D eigenvalue weighted by Crippen LogP contribution is 2.12. The third-order valence-corrected chi connectivity index (χ3v) is 1.21. The van der Waals surface area contributed by atoms with Gasteiger partial charge in [0.15, 0.2) is 0 Å². The van der Waals surface area contributed by atoms with Crippen molar-refractivity contribution in [3.05, 3.63) is 0 Å². The molecule has 4 nitrogen and oxygen atoms in total. The molecule has 0 unspecified atom stereocenters. The molecule has 0 atom stereocenters. The van der Waals surface area contributed by atoms with Crippen LogP contribution in [-0.2, 0) is 14.2 Å². The third-order valence-electron chi connectivity index (χ3n) is 1.21. The van der Waals surface area contributed by atoms with E-state index in [2.05, 4.69) is 0 Å². The molecule has 0 aliphatic carbocycles. The van der Waals surface area contributed by atoms with Crippen molar-refractivity contribution in [3.8, 4) is 0 Å². The van der Waals surface area contributed by atoms with Gasteiger partial charge in [0.25, 0.3) is 0 Å². The maximum absolute atomic E-state index is 7.12. The fourth-order valence-corrected chi connectivity index (χ4v) is 0.854. The van der Waals surface area contributed by atoms with Crippen LogP contribution in [0.3, 0.4) is 0 Å². The van der Waals surface area contributed by atoms with E-state index in [1.54, 1.807) is 0 Å². The number of hydrogen-bond donors (Lipinski definition) is 1. The molecule has 4 heteroatoms. The van der Waals surface area contributed by atoms with Gasteiger partial charge < -0.3 is 19.6 Å². The van der Waals surface area contributed by atoms with Crippen molar-refractivity contribution in [2.24, 2.45) is 0 Å². The SMILES string of the molecule is CCOC(C=N)(OCC)OCC. The molecule has 1 N–H and O–H groups in total. The zero-order valence-electron chi connectivity index (χ0n) is 7.92. The lowest BCUT2D eigenvalue weighted by molar-refractivity contribution is -0.328. The lowest BCUT2D eigenvalue weighted by Crippen LogP contribution is -2.40. The zero-order chi connectivity index (χ0) is 9.45. The average molecular weight is 175 g/mol. The quantitative estimate of drug-likeness (QED) is 0.470. The Morgan fingerprint density at radius 1 is 1.00 bits per heavy atom. The molecule has 0 aromatic carbocycles. The first-order chi connectivity index (χ1) is 5.74. The minimum absolute atomic E-state index is 0.454.